The third-order valence-corrected chi connectivity index (χ3v) is 8.68. The molecule has 12 heteroatoms. The van der Waals surface area contributed by atoms with E-state index < -0.39 is 37.5 Å². The van der Waals surface area contributed by atoms with Crippen LogP contribution < -0.4 is 10.1 Å². The molecule has 1 aliphatic heterocycles. The van der Waals surface area contributed by atoms with Gasteiger partial charge in [0.05, 0.1) is 12.0 Å². The Morgan fingerprint density at radius 3 is 2.42 bits per heavy atom. The van der Waals surface area contributed by atoms with Gasteiger partial charge in [-0.25, -0.2) is 21.2 Å². The molecule has 3 rings (SSSR count). The van der Waals surface area contributed by atoms with E-state index in [9.17, 15) is 21.6 Å². The number of amides is 1. The van der Waals surface area contributed by atoms with E-state index in [0.717, 1.165) is 16.0 Å². The van der Waals surface area contributed by atoms with Crippen molar-refractivity contribution in [3.63, 3.8) is 0 Å². The van der Waals surface area contributed by atoms with Gasteiger partial charge in [0.25, 0.3) is 5.91 Å². The average molecular weight is 559 g/mol. The van der Waals surface area contributed by atoms with Crippen LogP contribution in [-0.2, 0) is 24.7 Å². The average Bonchev–Trinajstić information content (AvgIpc) is 2.82. The number of piperidine rings is 1. The normalized spacial score (nSPS) is 17.6. The predicted molar refractivity (Wildman–Crippen MR) is 137 cm³/mol. The monoisotopic (exact) mass is 558 g/mol. The number of methoxy groups -OCH3 is 1. The number of carbonyl (C=O) groups is 1. The number of benzene rings is 2. The fourth-order valence-electron chi connectivity index (χ4n) is 3.83. The molecule has 36 heavy (non-hydrogen) atoms. The van der Waals surface area contributed by atoms with Crippen LogP contribution in [0.3, 0.4) is 0 Å². The van der Waals surface area contributed by atoms with E-state index in [0.29, 0.717) is 21.9 Å². The number of carbonyl (C=O) groups excluding carboxylic acids is 1. The molecule has 2 aromatic carbocycles. The number of hydrogen-bond acceptors (Lipinski definition) is 6. The number of sulfone groups is 1. The Morgan fingerprint density at radius 2 is 1.83 bits per heavy atom. The van der Waals surface area contributed by atoms with Crippen molar-refractivity contribution in [3.05, 3.63) is 59.0 Å². The molecule has 0 unspecified atom stereocenters. The quantitative estimate of drug-likeness (QED) is 0.530. The summed E-state index contributed by atoms with van der Waals surface area (Å²) in [5.74, 6) is -0.449. The van der Waals surface area contributed by atoms with Crippen LogP contribution in [0.5, 0.6) is 5.75 Å². The highest BCUT2D eigenvalue weighted by molar-refractivity contribution is 7.93. The first-order valence-electron chi connectivity index (χ1n) is 11.1. The molecule has 196 valence electrons. The minimum Gasteiger partial charge on any atom is -0.497 e. The number of alkyl halides is 1. The Balaban J connectivity index is 1.81. The van der Waals surface area contributed by atoms with E-state index in [1.54, 1.807) is 30.3 Å². The lowest BCUT2D eigenvalue weighted by Crippen LogP contribution is -2.53. The molecule has 0 spiro atoms. The molecule has 1 fully saturated rings. The van der Waals surface area contributed by atoms with Crippen molar-refractivity contribution in [1.82, 2.24) is 9.62 Å². The van der Waals surface area contributed by atoms with E-state index >= 15 is 4.39 Å². The fraction of sp³-hybridized carbons (Fsp3) is 0.375. The van der Waals surface area contributed by atoms with Crippen LogP contribution >= 0.6 is 11.6 Å². The van der Waals surface area contributed by atoms with E-state index in [1.165, 1.54) is 32.2 Å². The lowest BCUT2D eigenvalue weighted by molar-refractivity contribution is -0.135. The predicted octanol–water partition coefficient (Wildman–Crippen LogP) is 3.57. The van der Waals surface area contributed by atoms with Gasteiger partial charge in [0.15, 0.2) is 15.5 Å². The lowest BCUT2D eigenvalue weighted by Gasteiger charge is -2.35. The van der Waals surface area contributed by atoms with Gasteiger partial charge in [-0.15, -0.1) is 0 Å². The van der Waals surface area contributed by atoms with Gasteiger partial charge in [0, 0.05) is 54.2 Å². The second kappa shape index (κ2) is 10.9. The van der Waals surface area contributed by atoms with E-state index in [2.05, 4.69) is 5.32 Å². The Labute approximate surface area is 216 Å². The molecule has 0 saturated carbocycles. The van der Waals surface area contributed by atoms with E-state index in [1.807, 2.05) is 0 Å². The molecule has 1 N–H and O–H groups in total. The zero-order valence-electron chi connectivity index (χ0n) is 20.1. The van der Waals surface area contributed by atoms with Gasteiger partial charge < -0.3 is 10.1 Å². The highest BCUT2D eigenvalue weighted by atomic mass is 35.5. The van der Waals surface area contributed by atoms with Crippen LogP contribution in [0.2, 0.25) is 5.02 Å². The molecule has 1 heterocycles. The van der Waals surface area contributed by atoms with Crippen molar-refractivity contribution in [1.29, 1.82) is 0 Å². The number of rotatable bonds is 8. The van der Waals surface area contributed by atoms with E-state index in [4.69, 9.17) is 16.3 Å². The van der Waals surface area contributed by atoms with Gasteiger partial charge in [0.2, 0.25) is 10.0 Å². The summed E-state index contributed by atoms with van der Waals surface area (Å²) in [5.41, 5.74) is -1.32. The Kier molecular flexibility index (Phi) is 8.49. The smallest absolute Gasteiger partial charge is 0.258 e. The minimum atomic E-state index is -4.04. The Bertz CT molecular complexity index is 1370. The van der Waals surface area contributed by atoms with Crippen LogP contribution in [0.1, 0.15) is 19.8 Å². The van der Waals surface area contributed by atoms with Gasteiger partial charge in [-0.3, -0.25) is 4.79 Å². The molecule has 1 aliphatic rings. The summed E-state index contributed by atoms with van der Waals surface area (Å²) in [6.45, 7) is 1.10. The Morgan fingerprint density at radius 1 is 1.17 bits per heavy atom. The lowest BCUT2D eigenvalue weighted by atomic mass is 9.93. The summed E-state index contributed by atoms with van der Waals surface area (Å²) in [5, 5.41) is 3.81. The third-order valence-electron chi connectivity index (χ3n) is 5.84. The summed E-state index contributed by atoms with van der Waals surface area (Å²) in [6.07, 6.45) is 1.56. The molecule has 1 atom stereocenters. The van der Waals surface area contributed by atoms with Crippen LogP contribution in [0.25, 0.3) is 11.1 Å². The number of nitrogens with one attached hydrogen (secondary N) is 1. The molecule has 8 nitrogen and oxygen atoms in total. The first-order chi connectivity index (χ1) is 16.7. The first-order valence-corrected chi connectivity index (χ1v) is 14.8. The van der Waals surface area contributed by atoms with Gasteiger partial charge in [0.1, 0.15) is 5.75 Å². The van der Waals surface area contributed by atoms with Crippen LogP contribution in [0, 0.1) is 0 Å². The summed E-state index contributed by atoms with van der Waals surface area (Å²) in [7, 11) is -5.96. The van der Waals surface area contributed by atoms with Gasteiger partial charge in [-0.05, 0) is 42.8 Å². The first kappa shape index (κ1) is 28.1. The van der Waals surface area contributed by atoms with E-state index in [-0.39, 0.29) is 30.8 Å². The van der Waals surface area contributed by atoms with Crippen LogP contribution in [0.4, 0.5) is 4.39 Å². The zero-order chi connectivity index (χ0) is 26.7. The van der Waals surface area contributed by atoms with Crippen molar-refractivity contribution in [3.8, 4) is 16.9 Å². The maximum atomic E-state index is 15.4. The highest BCUT2D eigenvalue weighted by Crippen LogP contribution is 2.36. The molecular formula is C24H28ClFN2O6S2. The second-order valence-electron chi connectivity index (χ2n) is 8.66. The molecule has 0 aliphatic carbocycles. The number of ether oxygens (including phenoxy) is 1. The molecule has 0 bridgehead atoms. The number of hydrogen-bond donors (Lipinski definition) is 1. The zero-order valence-corrected chi connectivity index (χ0v) is 22.5. The van der Waals surface area contributed by atoms with Crippen molar-refractivity contribution >= 4 is 37.4 Å². The van der Waals surface area contributed by atoms with Gasteiger partial charge >= 0.3 is 0 Å². The number of halogens is 2. The summed E-state index contributed by atoms with van der Waals surface area (Å²) in [4.78, 5) is 12.6. The second-order valence-corrected chi connectivity index (χ2v) is 12.9. The SMILES string of the molecule is COc1ccc(S(=O)(=O)N2CCC(F)(C(=O)N[C@H](C)/C=C\S(C)(=O)=O)CC2)c(-c2cccc(Cl)c2)c1. The molecule has 0 aromatic heterocycles. The summed E-state index contributed by atoms with van der Waals surface area (Å²) >= 11 is 6.12. The largest absolute Gasteiger partial charge is 0.497 e. The maximum absolute atomic E-state index is 15.4. The van der Waals surface area contributed by atoms with Gasteiger partial charge in [-0.2, -0.15) is 4.31 Å². The fourth-order valence-corrected chi connectivity index (χ4v) is 6.18. The molecule has 1 amide bonds. The number of sulfonamides is 1. The van der Waals surface area contributed by atoms with Crippen LogP contribution in [0.15, 0.2) is 58.8 Å². The van der Waals surface area contributed by atoms with Crippen molar-refractivity contribution in [2.24, 2.45) is 0 Å². The number of nitrogens with zero attached hydrogens (tertiary/aromatic N) is 1. The Hall–Kier alpha value is -2.47. The van der Waals surface area contributed by atoms with Crippen molar-refractivity contribution < 1.29 is 30.8 Å². The summed E-state index contributed by atoms with van der Waals surface area (Å²) in [6, 6.07) is 10.6. The van der Waals surface area contributed by atoms with Crippen molar-refractivity contribution in [2.45, 2.75) is 36.4 Å². The topological polar surface area (TPSA) is 110 Å². The maximum Gasteiger partial charge on any atom is 0.258 e. The summed E-state index contributed by atoms with van der Waals surface area (Å²) < 4.78 is 71.5. The standard InChI is InChI=1S/C24H28ClFN2O6S2/c1-17(9-14-35(3,30)31)27-23(29)24(26)10-12-28(13-11-24)36(32,33)22-8-7-20(34-2)16-21(22)18-5-4-6-19(25)15-18/h4-9,14-17H,10-13H2,1-3H3,(H,27,29)/b14-9-/t17-/m1/s1. The molecule has 0 radical (unpaired) electrons. The van der Waals surface area contributed by atoms with Crippen LogP contribution in [-0.4, -0.2) is 65.2 Å². The molecule has 2 aromatic rings. The van der Waals surface area contributed by atoms with Crippen molar-refractivity contribution in [2.75, 3.05) is 26.5 Å². The van der Waals surface area contributed by atoms with Gasteiger partial charge in [-0.1, -0.05) is 29.8 Å². The molecular weight excluding hydrogens is 531 g/mol. The third kappa shape index (κ3) is 6.64. The minimum absolute atomic E-state index is 0.0147. The highest BCUT2D eigenvalue weighted by Gasteiger charge is 2.44. The molecule has 1 saturated heterocycles.